The van der Waals surface area contributed by atoms with Crippen LogP contribution >= 0.6 is 0 Å². The van der Waals surface area contributed by atoms with E-state index in [4.69, 9.17) is 4.74 Å². The van der Waals surface area contributed by atoms with Gasteiger partial charge in [0.05, 0.1) is 6.61 Å². The molecule has 1 fully saturated rings. The van der Waals surface area contributed by atoms with Crippen LogP contribution in [0.5, 0.6) is 0 Å². The number of methoxy groups -OCH3 is 1. The van der Waals surface area contributed by atoms with Crippen LogP contribution in [0, 0.1) is 17.6 Å². The Balaban J connectivity index is 2.06. The molecule has 5 heteroatoms. The fourth-order valence-corrected chi connectivity index (χ4v) is 2.82. The third-order valence-electron chi connectivity index (χ3n) is 3.86. The van der Waals surface area contributed by atoms with Crippen molar-refractivity contribution in [2.24, 2.45) is 5.92 Å². The van der Waals surface area contributed by atoms with Crippen molar-refractivity contribution in [1.82, 2.24) is 5.32 Å². The van der Waals surface area contributed by atoms with Gasteiger partial charge in [-0.25, -0.2) is 8.78 Å². The minimum absolute atomic E-state index is 0.127. The number of piperidine rings is 1. The van der Waals surface area contributed by atoms with Gasteiger partial charge in [0.25, 0.3) is 0 Å². The monoisotopic (exact) mass is 298 g/mol. The standard InChI is InChI=1S/C16H24F2N2O/c1-12-4-3-6-20(11-12)16-14(17)8-13(9-15(16)18)10-19-5-7-21-2/h8-9,12,19H,3-7,10-11H2,1-2H3. The predicted molar refractivity (Wildman–Crippen MR) is 80.6 cm³/mol. The molecule has 2 rings (SSSR count). The predicted octanol–water partition coefficient (Wildman–Crippen LogP) is 2.94. The molecule has 0 amide bonds. The maximum absolute atomic E-state index is 14.3. The Morgan fingerprint density at radius 1 is 1.33 bits per heavy atom. The van der Waals surface area contributed by atoms with Crippen molar-refractivity contribution in [1.29, 1.82) is 0 Å². The van der Waals surface area contributed by atoms with Crippen LogP contribution in [0.2, 0.25) is 0 Å². The molecule has 21 heavy (non-hydrogen) atoms. The average Bonchev–Trinajstić information content (AvgIpc) is 2.43. The summed E-state index contributed by atoms with van der Waals surface area (Å²) in [5.74, 6) is -0.451. The van der Waals surface area contributed by atoms with Gasteiger partial charge in [-0.3, -0.25) is 0 Å². The van der Waals surface area contributed by atoms with Crippen molar-refractivity contribution in [3.63, 3.8) is 0 Å². The van der Waals surface area contributed by atoms with Gasteiger partial charge in [0.1, 0.15) is 17.3 Å². The van der Waals surface area contributed by atoms with Crippen LogP contribution in [-0.4, -0.2) is 33.4 Å². The number of hydrogen-bond donors (Lipinski definition) is 1. The van der Waals surface area contributed by atoms with Gasteiger partial charge in [-0.15, -0.1) is 0 Å². The molecule has 1 aromatic carbocycles. The Bertz CT molecular complexity index is 445. The summed E-state index contributed by atoms with van der Waals surface area (Å²) in [6, 6.07) is 2.86. The minimum Gasteiger partial charge on any atom is -0.383 e. The Kier molecular flexibility index (Phi) is 5.94. The van der Waals surface area contributed by atoms with Crippen LogP contribution in [0.1, 0.15) is 25.3 Å². The van der Waals surface area contributed by atoms with Gasteiger partial charge in [-0.2, -0.15) is 0 Å². The lowest BCUT2D eigenvalue weighted by Gasteiger charge is -2.33. The molecule has 3 nitrogen and oxygen atoms in total. The second-order valence-corrected chi connectivity index (χ2v) is 5.77. The number of rotatable bonds is 6. The molecular formula is C16H24F2N2O. The molecule has 0 bridgehead atoms. The summed E-state index contributed by atoms with van der Waals surface area (Å²) >= 11 is 0. The zero-order chi connectivity index (χ0) is 15.2. The molecule has 118 valence electrons. The second kappa shape index (κ2) is 7.71. The molecule has 1 N–H and O–H groups in total. The van der Waals surface area contributed by atoms with E-state index in [2.05, 4.69) is 12.2 Å². The largest absolute Gasteiger partial charge is 0.383 e. The van der Waals surface area contributed by atoms with Crippen molar-refractivity contribution >= 4 is 5.69 Å². The SMILES string of the molecule is COCCNCc1cc(F)c(N2CCCC(C)C2)c(F)c1. The molecule has 0 radical (unpaired) electrons. The Hall–Kier alpha value is -1.20. The first-order valence-electron chi connectivity index (χ1n) is 7.54. The first kappa shape index (κ1) is 16.2. The summed E-state index contributed by atoms with van der Waals surface area (Å²) in [5, 5.41) is 3.09. The van der Waals surface area contributed by atoms with Crippen LogP contribution in [0.3, 0.4) is 0 Å². The molecule has 0 aromatic heterocycles. The Labute approximate surface area is 125 Å². The highest BCUT2D eigenvalue weighted by atomic mass is 19.1. The number of hydrogen-bond acceptors (Lipinski definition) is 3. The smallest absolute Gasteiger partial charge is 0.149 e. The number of nitrogens with one attached hydrogen (secondary N) is 1. The summed E-state index contributed by atoms with van der Waals surface area (Å²) in [7, 11) is 1.62. The van der Waals surface area contributed by atoms with Gasteiger partial charge in [0.15, 0.2) is 0 Å². The van der Waals surface area contributed by atoms with Crippen molar-refractivity contribution in [2.45, 2.75) is 26.3 Å². The third kappa shape index (κ3) is 4.38. The lowest BCUT2D eigenvalue weighted by molar-refractivity contribution is 0.199. The van der Waals surface area contributed by atoms with Crippen LogP contribution in [-0.2, 0) is 11.3 Å². The zero-order valence-corrected chi connectivity index (χ0v) is 12.8. The molecule has 1 atom stereocenters. The fraction of sp³-hybridized carbons (Fsp3) is 0.625. The molecule has 1 heterocycles. The number of benzene rings is 1. The number of ether oxygens (including phenoxy) is 1. The summed E-state index contributed by atoms with van der Waals surface area (Å²) < 4.78 is 33.4. The number of nitrogens with zero attached hydrogens (tertiary/aromatic N) is 1. The molecule has 1 aliphatic heterocycles. The van der Waals surface area contributed by atoms with Gasteiger partial charge in [-0.05, 0) is 36.5 Å². The van der Waals surface area contributed by atoms with E-state index in [-0.39, 0.29) is 5.69 Å². The van der Waals surface area contributed by atoms with E-state index in [9.17, 15) is 8.78 Å². The average molecular weight is 298 g/mol. The molecule has 1 aromatic rings. The zero-order valence-electron chi connectivity index (χ0n) is 12.8. The van der Waals surface area contributed by atoms with Gasteiger partial charge in [0, 0.05) is 33.3 Å². The molecule has 1 saturated heterocycles. The third-order valence-corrected chi connectivity index (χ3v) is 3.86. The normalized spacial score (nSPS) is 19.0. The Morgan fingerprint density at radius 3 is 2.67 bits per heavy atom. The van der Waals surface area contributed by atoms with Crippen molar-refractivity contribution < 1.29 is 13.5 Å². The van der Waals surface area contributed by atoms with E-state index >= 15 is 0 Å². The first-order chi connectivity index (χ1) is 10.1. The van der Waals surface area contributed by atoms with Crippen LogP contribution in [0.15, 0.2) is 12.1 Å². The van der Waals surface area contributed by atoms with E-state index in [0.29, 0.717) is 31.2 Å². The summed E-state index contributed by atoms with van der Waals surface area (Å²) in [5.41, 5.74) is 0.747. The van der Waals surface area contributed by atoms with Gasteiger partial charge < -0.3 is 15.0 Å². The first-order valence-corrected chi connectivity index (χ1v) is 7.54. The highest BCUT2D eigenvalue weighted by molar-refractivity contribution is 5.51. The van der Waals surface area contributed by atoms with Crippen molar-refractivity contribution in [2.75, 3.05) is 38.3 Å². The number of anilines is 1. The number of halogens is 2. The van der Waals surface area contributed by atoms with E-state index in [1.54, 1.807) is 7.11 Å². The minimum atomic E-state index is -0.465. The molecule has 1 aliphatic rings. The molecule has 1 unspecified atom stereocenters. The Morgan fingerprint density at radius 2 is 2.05 bits per heavy atom. The van der Waals surface area contributed by atoms with Crippen LogP contribution in [0.25, 0.3) is 0 Å². The van der Waals surface area contributed by atoms with Gasteiger partial charge >= 0.3 is 0 Å². The van der Waals surface area contributed by atoms with E-state index < -0.39 is 11.6 Å². The fourth-order valence-electron chi connectivity index (χ4n) is 2.82. The summed E-state index contributed by atoms with van der Waals surface area (Å²) in [6.45, 7) is 5.24. The van der Waals surface area contributed by atoms with E-state index in [1.807, 2.05) is 4.90 Å². The lowest BCUT2D eigenvalue weighted by Crippen LogP contribution is -2.35. The lowest BCUT2D eigenvalue weighted by atomic mass is 9.99. The van der Waals surface area contributed by atoms with Crippen LogP contribution in [0.4, 0.5) is 14.5 Å². The van der Waals surface area contributed by atoms with Crippen molar-refractivity contribution in [3.05, 3.63) is 29.3 Å². The molecule has 0 spiro atoms. The highest BCUT2D eigenvalue weighted by Gasteiger charge is 2.22. The summed E-state index contributed by atoms with van der Waals surface area (Å²) in [4.78, 5) is 1.83. The van der Waals surface area contributed by atoms with Gasteiger partial charge in [0.2, 0.25) is 0 Å². The topological polar surface area (TPSA) is 24.5 Å². The molecule has 0 saturated carbocycles. The summed E-state index contributed by atoms with van der Waals surface area (Å²) in [6.07, 6.45) is 2.11. The maximum Gasteiger partial charge on any atom is 0.149 e. The highest BCUT2D eigenvalue weighted by Crippen LogP contribution is 2.29. The molecule has 0 aliphatic carbocycles. The maximum atomic E-state index is 14.3. The van der Waals surface area contributed by atoms with E-state index in [0.717, 1.165) is 25.9 Å². The van der Waals surface area contributed by atoms with Crippen LogP contribution < -0.4 is 10.2 Å². The quantitative estimate of drug-likeness (QED) is 0.817. The van der Waals surface area contributed by atoms with E-state index in [1.165, 1.54) is 12.1 Å². The molecular weight excluding hydrogens is 274 g/mol. The second-order valence-electron chi connectivity index (χ2n) is 5.77. The van der Waals surface area contributed by atoms with Gasteiger partial charge in [-0.1, -0.05) is 6.92 Å². The van der Waals surface area contributed by atoms with Crippen molar-refractivity contribution in [3.8, 4) is 0 Å².